The highest BCUT2D eigenvalue weighted by Crippen LogP contribution is 2.35. The van der Waals surface area contributed by atoms with E-state index in [4.69, 9.17) is 4.74 Å². The Labute approximate surface area is 166 Å². The number of nitrogens with one attached hydrogen (secondary N) is 1. The Morgan fingerprint density at radius 1 is 1.28 bits per heavy atom. The Kier molecular flexibility index (Phi) is 6.84. The number of nitro groups is 1. The number of nitrogens with zero attached hydrogens (tertiary/aromatic N) is 2. The maximum atomic E-state index is 12.8. The molecule has 2 aromatic carbocycles. The van der Waals surface area contributed by atoms with Crippen molar-refractivity contribution in [3.63, 3.8) is 0 Å². The van der Waals surface area contributed by atoms with Crippen LogP contribution in [0.3, 0.4) is 0 Å². The third-order valence-electron chi connectivity index (χ3n) is 4.23. The van der Waals surface area contributed by atoms with Crippen molar-refractivity contribution < 1.29 is 22.8 Å². The molecule has 0 aliphatic rings. The van der Waals surface area contributed by atoms with Crippen molar-refractivity contribution in [2.45, 2.75) is 39.8 Å². The van der Waals surface area contributed by atoms with Crippen LogP contribution >= 0.6 is 0 Å². The summed E-state index contributed by atoms with van der Waals surface area (Å²) in [7, 11) is 0. The van der Waals surface area contributed by atoms with Crippen LogP contribution in [0.2, 0.25) is 0 Å². The molecule has 0 aliphatic heterocycles. The summed E-state index contributed by atoms with van der Waals surface area (Å²) in [5.74, 6) is 0.983. The van der Waals surface area contributed by atoms with Gasteiger partial charge in [0.05, 0.1) is 23.3 Å². The van der Waals surface area contributed by atoms with E-state index in [2.05, 4.69) is 10.5 Å². The fourth-order valence-corrected chi connectivity index (χ4v) is 2.71. The van der Waals surface area contributed by atoms with Crippen LogP contribution in [0.15, 0.2) is 35.4 Å². The average Bonchev–Trinajstić information content (AvgIpc) is 2.62. The van der Waals surface area contributed by atoms with Gasteiger partial charge in [-0.2, -0.15) is 18.3 Å². The first-order valence-electron chi connectivity index (χ1n) is 8.96. The summed E-state index contributed by atoms with van der Waals surface area (Å²) in [4.78, 5) is 10.3. The van der Waals surface area contributed by atoms with Crippen molar-refractivity contribution in [2.24, 2.45) is 5.10 Å². The Bertz CT molecular complexity index is 925. The van der Waals surface area contributed by atoms with Crippen LogP contribution in [0.1, 0.15) is 48.9 Å². The molecule has 6 nitrogen and oxygen atoms in total. The lowest BCUT2D eigenvalue weighted by Gasteiger charge is -2.15. The molecule has 0 aliphatic carbocycles. The molecule has 0 radical (unpaired) electrons. The van der Waals surface area contributed by atoms with Crippen molar-refractivity contribution in [3.05, 3.63) is 62.7 Å². The van der Waals surface area contributed by atoms with Gasteiger partial charge in [-0.05, 0) is 60.7 Å². The smallest absolute Gasteiger partial charge is 0.416 e. The molecule has 1 N–H and O–H groups in total. The van der Waals surface area contributed by atoms with Crippen LogP contribution in [-0.4, -0.2) is 17.7 Å². The zero-order chi connectivity index (χ0) is 21.8. The molecule has 0 fully saturated rings. The van der Waals surface area contributed by atoms with Crippen molar-refractivity contribution in [2.75, 3.05) is 12.0 Å². The molecule has 0 spiro atoms. The van der Waals surface area contributed by atoms with Gasteiger partial charge in [0.2, 0.25) is 0 Å². The number of hydrazone groups is 1. The fourth-order valence-electron chi connectivity index (χ4n) is 2.71. The van der Waals surface area contributed by atoms with E-state index in [-0.39, 0.29) is 11.6 Å². The van der Waals surface area contributed by atoms with Gasteiger partial charge in [-0.3, -0.25) is 15.5 Å². The minimum atomic E-state index is -4.67. The van der Waals surface area contributed by atoms with E-state index in [0.717, 1.165) is 34.6 Å². The number of aryl methyl sites for hydroxylation is 1. The first-order chi connectivity index (χ1) is 13.5. The zero-order valence-corrected chi connectivity index (χ0v) is 16.5. The molecule has 2 rings (SSSR count). The second kappa shape index (κ2) is 8.93. The van der Waals surface area contributed by atoms with E-state index in [1.807, 2.05) is 39.8 Å². The maximum Gasteiger partial charge on any atom is 0.416 e. The van der Waals surface area contributed by atoms with Crippen LogP contribution in [0.4, 0.5) is 24.5 Å². The number of hydrogen-bond donors (Lipinski definition) is 1. The number of alkyl halides is 3. The normalized spacial score (nSPS) is 11.9. The Hall–Kier alpha value is -3.10. The quantitative estimate of drug-likeness (QED) is 0.351. The largest absolute Gasteiger partial charge is 0.494 e. The Balaban J connectivity index is 2.32. The molecule has 2 aromatic rings. The van der Waals surface area contributed by atoms with Crippen LogP contribution in [0, 0.1) is 17.0 Å². The van der Waals surface area contributed by atoms with Crippen LogP contribution in [0.5, 0.6) is 5.75 Å². The highest BCUT2D eigenvalue weighted by atomic mass is 19.4. The number of halogens is 3. The first-order valence-corrected chi connectivity index (χ1v) is 8.96. The van der Waals surface area contributed by atoms with Gasteiger partial charge in [0.15, 0.2) is 0 Å². The lowest BCUT2D eigenvalue weighted by Crippen LogP contribution is -2.07. The molecule has 0 heterocycles. The summed E-state index contributed by atoms with van der Waals surface area (Å²) in [5.41, 5.74) is 3.16. The van der Waals surface area contributed by atoms with Crippen molar-refractivity contribution >= 4 is 17.6 Å². The van der Waals surface area contributed by atoms with Gasteiger partial charge in [0.1, 0.15) is 11.4 Å². The summed E-state index contributed by atoms with van der Waals surface area (Å²) < 4.78 is 44.0. The molecule has 9 heteroatoms. The number of hydrogen-bond acceptors (Lipinski definition) is 5. The number of rotatable bonds is 7. The Morgan fingerprint density at radius 3 is 2.52 bits per heavy atom. The van der Waals surface area contributed by atoms with Gasteiger partial charge in [-0.1, -0.05) is 13.8 Å². The number of ether oxygens (including phenoxy) is 1. The van der Waals surface area contributed by atoms with E-state index in [1.165, 1.54) is 6.21 Å². The second-order valence-corrected chi connectivity index (χ2v) is 6.69. The molecule has 156 valence electrons. The second-order valence-electron chi connectivity index (χ2n) is 6.69. The van der Waals surface area contributed by atoms with Crippen molar-refractivity contribution in [1.82, 2.24) is 0 Å². The topological polar surface area (TPSA) is 76.8 Å². The lowest BCUT2D eigenvalue weighted by atomic mass is 9.97. The first kappa shape index (κ1) is 22.2. The highest BCUT2D eigenvalue weighted by molar-refractivity contribution is 5.83. The molecule has 0 amide bonds. The van der Waals surface area contributed by atoms with E-state index >= 15 is 0 Å². The van der Waals surface area contributed by atoms with Crippen LogP contribution in [0.25, 0.3) is 0 Å². The third kappa shape index (κ3) is 5.46. The van der Waals surface area contributed by atoms with Gasteiger partial charge in [-0.25, -0.2) is 0 Å². The minimum absolute atomic E-state index is 0.132. The molecule has 0 saturated carbocycles. The van der Waals surface area contributed by atoms with E-state index < -0.39 is 22.4 Å². The van der Waals surface area contributed by atoms with Crippen molar-refractivity contribution in [3.8, 4) is 5.75 Å². The monoisotopic (exact) mass is 409 g/mol. The molecule has 0 unspecified atom stereocenters. The average molecular weight is 409 g/mol. The molecule has 29 heavy (non-hydrogen) atoms. The van der Waals surface area contributed by atoms with Crippen molar-refractivity contribution in [1.29, 1.82) is 0 Å². The summed E-state index contributed by atoms with van der Waals surface area (Å²) >= 11 is 0. The van der Waals surface area contributed by atoms with Gasteiger partial charge in [-0.15, -0.1) is 0 Å². The number of nitro benzene ring substituents is 1. The van der Waals surface area contributed by atoms with Gasteiger partial charge < -0.3 is 4.74 Å². The number of benzene rings is 2. The van der Waals surface area contributed by atoms with Gasteiger partial charge in [0, 0.05) is 6.07 Å². The predicted octanol–water partition coefficient (Wildman–Crippen LogP) is 5.89. The van der Waals surface area contributed by atoms with Crippen LogP contribution in [-0.2, 0) is 6.18 Å². The fraction of sp³-hybridized carbons (Fsp3) is 0.350. The van der Waals surface area contributed by atoms with E-state index in [0.29, 0.717) is 12.7 Å². The molecule has 0 bridgehead atoms. The predicted molar refractivity (Wildman–Crippen MR) is 106 cm³/mol. The highest BCUT2D eigenvalue weighted by Gasteiger charge is 2.33. The molecule has 0 saturated heterocycles. The minimum Gasteiger partial charge on any atom is -0.494 e. The summed E-state index contributed by atoms with van der Waals surface area (Å²) in [6.45, 7) is 8.35. The molecule has 0 aromatic heterocycles. The Morgan fingerprint density at radius 2 is 1.97 bits per heavy atom. The molecular formula is C20H22F3N3O3. The lowest BCUT2D eigenvalue weighted by molar-refractivity contribution is -0.384. The van der Waals surface area contributed by atoms with E-state index in [9.17, 15) is 23.3 Å². The van der Waals surface area contributed by atoms with Gasteiger partial charge >= 0.3 is 6.18 Å². The zero-order valence-electron chi connectivity index (χ0n) is 16.5. The number of anilines is 1. The third-order valence-corrected chi connectivity index (χ3v) is 4.23. The molecular weight excluding hydrogens is 387 g/mol. The maximum absolute atomic E-state index is 12.8. The van der Waals surface area contributed by atoms with Gasteiger partial charge in [0.25, 0.3) is 5.69 Å². The standard InChI is InChI=1S/C20H22F3N3O3/c1-5-29-19-8-13(4)14(9-16(19)12(2)3)11-24-25-17-7-6-15(20(21,22)23)10-18(17)26(27)28/h6-12,25H,5H2,1-4H3/b24-11-. The summed E-state index contributed by atoms with van der Waals surface area (Å²) in [5, 5.41) is 15.1. The SMILES string of the molecule is CCOc1cc(C)c(/C=N\Nc2ccc(C(F)(F)F)cc2[N+](=O)[O-])cc1C(C)C. The summed E-state index contributed by atoms with van der Waals surface area (Å²) in [6, 6.07) is 6.04. The van der Waals surface area contributed by atoms with E-state index in [1.54, 1.807) is 0 Å². The summed E-state index contributed by atoms with van der Waals surface area (Å²) in [6.07, 6.45) is -3.20. The molecule has 0 atom stereocenters. The van der Waals surface area contributed by atoms with Crippen LogP contribution < -0.4 is 10.2 Å².